The van der Waals surface area contributed by atoms with Gasteiger partial charge in [0.05, 0.1) is 0 Å². The van der Waals surface area contributed by atoms with Crippen molar-refractivity contribution in [3.63, 3.8) is 0 Å². The number of carbonyl (C=O) groups excluding carboxylic acids is 1. The molecular weight excluding hydrogens is 333 g/mol. The summed E-state index contributed by atoms with van der Waals surface area (Å²) < 4.78 is 0. The second-order valence-electron chi connectivity index (χ2n) is 6.21. The number of piperidine rings is 1. The molecule has 4 nitrogen and oxygen atoms in total. The van der Waals surface area contributed by atoms with Crippen LogP contribution in [0, 0.1) is 12.8 Å². The van der Waals surface area contributed by atoms with Crippen LogP contribution in [0.25, 0.3) is 0 Å². The standard InChI is InChI=1S/C17H27N3O.2ClH/c1-13-6-10-20(11-7-13)9-3-8-19-17(21)16-12-15(18)5-4-14(16)2;;/h4-5,12-13H,3,6-11,18H2,1-2H3,(H,19,21);2*1H. The number of nitrogen functional groups attached to an aromatic ring is 1. The number of halogens is 2. The van der Waals surface area contributed by atoms with Crippen LogP contribution in [0.4, 0.5) is 5.69 Å². The highest BCUT2D eigenvalue weighted by Crippen LogP contribution is 2.16. The molecule has 0 unspecified atom stereocenters. The number of nitrogens with one attached hydrogen (secondary N) is 1. The monoisotopic (exact) mass is 361 g/mol. The molecule has 6 heteroatoms. The van der Waals surface area contributed by atoms with Crippen LogP contribution in [-0.4, -0.2) is 37.0 Å². The van der Waals surface area contributed by atoms with Crippen LogP contribution in [0.5, 0.6) is 0 Å². The van der Waals surface area contributed by atoms with Crippen molar-refractivity contribution in [2.24, 2.45) is 5.92 Å². The Hall–Kier alpha value is -0.970. The number of anilines is 1. The fourth-order valence-corrected chi connectivity index (χ4v) is 2.77. The zero-order chi connectivity index (χ0) is 15.2. The van der Waals surface area contributed by atoms with Gasteiger partial charge in [0.2, 0.25) is 0 Å². The molecule has 1 saturated heterocycles. The molecule has 0 saturated carbocycles. The molecule has 2 rings (SSSR count). The average molecular weight is 362 g/mol. The highest BCUT2D eigenvalue weighted by molar-refractivity contribution is 5.96. The van der Waals surface area contributed by atoms with Crippen LogP contribution >= 0.6 is 24.8 Å². The number of hydrogen-bond donors (Lipinski definition) is 2. The van der Waals surface area contributed by atoms with Crippen LogP contribution in [-0.2, 0) is 0 Å². The van der Waals surface area contributed by atoms with Gasteiger partial charge < -0.3 is 16.0 Å². The molecular formula is C17H29Cl2N3O. The summed E-state index contributed by atoms with van der Waals surface area (Å²) in [7, 11) is 0. The molecule has 1 aliphatic rings. The lowest BCUT2D eigenvalue weighted by atomic mass is 9.99. The summed E-state index contributed by atoms with van der Waals surface area (Å²) in [6, 6.07) is 5.46. The Labute approximate surface area is 152 Å². The largest absolute Gasteiger partial charge is 0.399 e. The fourth-order valence-electron chi connectivity index (χ4n) is 2.77. The lowest BCUT2D eigenvalue weighted by Gasteiger charge is -2.30. The minimum Gasteiger partial charge on any atom is -0.399 e. The minimum absolute atomic E-state index is 0. The molecule has 1 aliphatic heterocycles. The van der Waals surface area contributed by atoms with Gasteiger partial charge >= 0.3 is 0 Å². The maximum atomic E-state index is 12.1. The first-order valence-electron chi connectivity index (χ1n) is 7.93. The van der Waals surface area contributed by atoms with Crippen LogP contribution in [0.2, 0.25) is 0 Å². The zero-order valence-corrected chi connectivity index (χ0v) is 15.6. The van der Waals surface area contributed by atoms with Gasteiger partial charge in [-0.2, -0.15) is 0 Å². The number of likely N-dealkylation sites (tertiary alicyclic amines) is 1. The lowest BCUT2D eigenvalue weighted by Crippen LogP contribution is -2.35. The van der Waals surface area contributed by atoms with Gasteiger partial charge in [0.15, 0.2) is 0 Å². The van der Waals surface area contributed by atoms with Crippen molar-refractivity contribution in [3.8, 4) is 0 Å². The van der Waals surface area contributed by atoms with Gasteiger partial charge in [-0.3, -0.25) is 4.79 Å². The predicted molar refractivity (Wildman–Crippen MR) is 102 cm³/mol. The summed E-state index contributed by atoms with van der Waals surface area (Å²) in [5.74, 6) is 0.847. The number of benzene rings is 1. The van der Waals surface area contributed by atoms with E-state index in [2.05, 4.69) is 17.1 Å². The number of amides is 1. The van der Waals surface area contributed by atoms with Crippen molar-refractivity contribution >= 4 is 36.4 Å². The summed E-state index contributed by atoms with van der Waals surface area (Å²) in [5, 5.41) is 2.99. The summed E-state index contributed by atoms with van der Waals surface area (Å²) in [6.45, 7) is 8.45. The maximum absolute atomic E-state index is 12.1. The Morgan fingerprint density at radius 2 is 1.96 bits per heavy atom. The molecule has 3 N–H and O–H groups in total. The number of aryl methyl sites for hydroxylation is 1. The number of rotatable bonds is 5. The van der Waals surface area contributed by atoms with Crippen molar-refractivity contribution in [1.29, 1.82) is 0 Å². The normalized spacial score (nSPS) is 15.4. The summed E-state index contributed by atoms with van der Waals surface area (Å²) >= 11 is 0. The lowest BCUT2D eigenvalue weighted by molar-refractivity contribution is 0.0950. The van der Waals surface area contributed by atoms with Crippen molar-refractivity contribution < 1.29 is 4.79 Å². The van der Waals surface area contributed by atoms with Gasteiger partial charge in [0, 0.05) is 17.8 Å². The van der Waals surface area contributed by atoms with E-state index in [4.69, 9.17) is 5.73 Å². The van der Waals surface area contributed by atoms with E-state index in [1.54, 1.807) is 6.07 Å². The molecule has 0 atom stereocenters. The Morgan fingerprint density at radius 3 is 2.61 bits per heavy atom. The minimum atomic E-state index is -0.0212. The second-order valence-corrected chi connectivity index (χ2v) is 6.21. The van der Waals surface area contributed by atoms with E-state index in [1.165, 1.54) is 25.9 Å². The Kier molecular flexibility index (Phi) is 10.3. The van der Waals surface area contributed by atoms with Gasteiger partial charge in [-0.25, -0.2) is 0 Å². The van der Waals surface area contributed by atoms with Crippen molar-refractivity contribution in [3.05, 3.63) is 29.3 Å². The van der Waals surface area contributed by atoms with Crippen molar-refractivity contribution in [1.82, 2.24) is 10.2 Å². The Morgan fingerprint density at radius 1 is 1.30 bits per heavy atom. The molecule has 132 valence electrons. The molecule has 0 radical (unpaired) electrons. The molecule has 23 heavy (non-hydrogen) atoms. The number of hydrogen-bond acceptors (Lipinski definition) is 3. The summed E-state index contributed by atoms with van der Waals surface area (Å²) in [5.41, 5.74) is 8.02. The van der Waals surface area contributed by atoms with E-state index < -0.39 is 0 Å². The SMILES string of the molecule is Cc1ccc(N)cc1C(=O)NCCCN1CCC(C)CC1.Cl.Cl. The predicted octanol–water partition coefficient (Wildman–Crippen LogP) is 3.27. The van der Waals surface area contributed by atoms with Crippen LogP contribution in [0.3, 0.4) is 0 Å². The smallest absolute Gasteiger partial charge is 0.251 e. The summed E-state index contributed by atoms with van der Waals surface area (Å²) in [4.78, 5) is 14.6. The molecule has 1 heterocycles. The maximum Gasteiger partial charge on any atom is 0.251 e. The third-order valence-electron chi connectivity index (χ3n) is 4.32. The van der Waals surface area contributed by atoms with E-state index in [-0.39, 0.29) is 30.7 Å². The third kappa shape index (κ3) is 6.98. The van der Waals surface area contributed by atoms with E-state index in [0.29, 0.717) is 11.3 Å². The van der Waals surface area contributed by atoms with Crippen LogP contribution in [0.1, 0.15) is 42.1 Å². The fraction of sp³-hybridized carbons (Fsp3) is 0.588. The van der Waals surface area contributed by atoms with Crippen molar-refractivity contribution in [2.75, 3.05) is 31.9 Å². The molecule has 0 aliphatic carbocycles. The second kappa shape index (κ2) is 10.7. The average Bonchev–Trinajstić information content (AvgIpc) is 2.47. The first-order valence-corrected chi connectivity index (χ1v) is 7.93. The van der Waals surface area contributed by atoms with E-state index in [1.807, 2.05) is 19.1 Å². The number of nitrogens with zero attached hydrogens (tertiary/aromatic N) is 1. The van der Waals surface area contributed by atoms with Gasteiger partial charge in [0.25, 0.3) is 5.91 Å². The molecule has 0 bridgehead atoms. The van der Waals surface area contributed by atoms with Gasteiger partial charge in [0.1, 0.15) is 0 Å². The molecule has 1 aromatic carbocycles. The third-order valence-corrected chi connectivity index (χ3v) is 4.32. The molecule has 0 aromatic heterocycles. The van der Waals surface area contributed by atoms with E-state index >= 15 is 0 Å². The first kappa shape index (κ1) is 22.0. The molecule has 0 spiro atoms. The number of nitrogens with two attached hydrogens (primary N) is 1. The highest BCUT2D eigenvalue weighted by Gasteiger charge is 2.15. The molecule has 1 fully saturated rings. The topological polar surface area (TPSA) is 58.4 Å². The molecule has 1 aromatic rings. The van der Waals surface area contributed by atoms with Crippen molar-refractivity contribution in [2.45, 2.75) is 33.1 Å². The van der Waals surface area contributed by atoms with Crippen LogP contribution in [0.15, 0.2) is 18.2 Å². The first-order chi connectivity index (χ1) is 10.1. The Bertz CT molecular complexity index is 489. The Balaban J connectivity index is 0.00000242. The molecule has 1 amide bonds. The number of carbonyl (C=O) groups is 1. The quantitative estimate of drug-likeness (QED) is 0.624. The van der Waals surface area contributed by atoms with E-state index in [0.717, 1.165) is 31.0 Å². The van der Waals surface area contributed by atoms with E-state index in [9.17, 15) is 4.79 Å². The van der Waals surface area contributed by atoms with Gasteiger partial charge in [-0.15, -0.1) is 24.8 Å². The zero-order valence-electron chi connectivity index (χ0n) is 14.0. The van der Waals surface area contributed by atoms with Gasteiger partial charge in [-0.05, 0) is 69.4 Å². The summed E-state index contributed by atoms with van der Waals surface area (Å²) in [6.07, 6.45) is 3.60. The van der Waals surface area contributed by atoms with Gasteiger partial charge in [-0.1, -0.05) is 13.0 Å². The highest BCUT2D eigenvalue weighted by atomic mass is 35.5. The van der Waals surface area contributed by atoms with Crippen LogP contribution < -0.4 is 11.1 Å².